The molecule has 1 saturated heterocycles. The van der Waals surface area contributed by atoms with Crippen molar-refractivity contribution in [2.24, 2.45) is 5.41 Å². The Labute approximate surface area is 119 Å². The van der Waals surface area contributed by atoms with Crippen molar-refractivity contribution in [2.75, 3.05) is 19.7 Å². The third-order valence-corrected chi connectivity index (χ3v) is 3.72. The number of amides is 1. The number of carbonyl (C=O) groups excluding carboxylic acids is 1. The number of carboxylic acids is 1. The highest BCUT2D eigenvalue weighted by molar-refractivity contribution is 5.77. The Balaban J connectivity index is 1.89. The first-order valence-electron chi connectivity index (χ1n) is 7.05. The van der Waals surface area contributed by atoms with E-state index < -0.39 is 17.0 Å². The second-order valence-corrected chi connectivity index (χ2v) is 6.71. The van der Waals surface area contributed by atoms with E-state index in [9.17, 15) is 14.7 Å². The zero-order chi connectivity index (χ0) is 15.0. The average Bonchev–Trinajstić information content (AvgIpc) is 3.08. The number of morpholine rings is 1. The van der Waals surface area contributed by atoms with Gasteiger partial charge in [0.1, 0.15) is 5.60 Å². The predicted molar refractivity (Wildman–Crippen MR) is 71.5 cm³/mol. The van der Waals surface area contributed by atoms with Crippen LogP contribution < -0.4 is 0 Å². The van der Waals surface area contributed by atoms with Gasteiger partial charge in [-0.05, 0) is 40.0 Å². The molecule has 2 aliphatic rings. The Kier molecular flexibility index (Phi) is 3.95. The molecule has 1 saturated carbocycles. The van der Waals surface area contributed by atoms with Crippen LogP contribution in [-0.4, -0.2) is 53.5 Å². The van der Waals surface area contributed by atoms with E-state index in [1.54, 1.807) is 4.90 Å². The van der Waals surface area contributed by atoms with Gasteiger partial charge in [-0.15, -0.1) is 0 Å². The Morgan fingerprint density at radius 2 is 2.05 bits per heavy atom. The van der Waals surface area contributed by atoms with E-state index in [1.165, 1.54) is 0 Å². The van der Waals surface area contributed by atoms with Crippen LogP contribution in [0.1, 0.15) is 40.0 Å². The summed E-state index contributed by atoms with van der Waals surface area (Å²) in [4.78, 5) is 24.8. The van der Waals surface area contributed by atoms with Crippen molar-refractivity contribution in [3.05, 3.63) is 0 Å². The van der Waals surface area contributed by atoms with Crippen LogP contribution in [0, 0.1) is 5.41 Å². The molecule has 0 aromatic heterocycles. The molecule has 20 heavy (non-hydrogen) atoms. The third-order valence-electron chi connectivity index (χ3n) is 3.72. The molecular formula is C14H23NO5. The molecule has 0 aromatic carbocycles. The highest BCUT2D eigenvalue weighted by atomic mass is 16.6. The monoisotopic (exact) mass is 285 g/mol. The Hall–Kier alpha value is -1.30. The number of carboxylic acid groups (broad SMARTS) is 1. The van der Waals surface area contributed by atoms with Gasteiger partial charge < -0.3 is 19.5 Å². The summed E-state index contributed by atoms with van der Waals surface area (Å²) in [6, 6.07) is 0. The summed E-state index contributed by atoms with van der Waals surface area (Å²) in [5.74, 6) is -0.754. The molecule has 0 radical (unpaired) electrons. The number of aliphatic carboxylic acids is 1. The number of rotatable bonds is 3. The lowest BCUT2D eigenvalue weighted by Gasteiger charge is -2.35. The molecule has 0 bridgehead atoms. The maximum absolute atomic E-state index is 12.0. The smallest absolute Gasteiger partial charge is 0.410 e. The van der Waals surface area contributed by atoms with Gasteiger partial charge in [0, 0.05) is 6.54 Å². The number of hydrogen-bond acceptors (Lipinski definition) is 4. The maximum Gasteiger partial charge on any atom is 0.410 e. The summed E-state index contributed by atoms with van der Waals surface area (Å²) in [5, 5.41) is 9.20. The van der Waals surface area contributed by atoms with E-state index in [-0.39, 0.29) is 12.2 Å². The Morgan fingerprint density at radius 1 is 1.40 bits per heavy atom. The second kappa shape index (κ2) is 5.24. The van der Waals surface area contributed by atoms with Gasteiger partial charge in [0.2, 0.25) is 0 Å². The molecule has 114 valence electrons. The molecule has 0 aromatic rings. The molecule has 1 heterocycles. The number of nitrogens with zero attached hydrogens (tertiary/aromatic N) is 1. The lowest BCUT2D eigenvalue weighted by molar-refractivity contribution is -0.145. The van der Waals surface area contributed by atoms with Crippen molar-refractivity contribution in [3.8, 4) is 0 Å². The van der Waals surface area contributed by atoms with E-state index in [0.29, 0.717) is 39.0 Å². The fourth-order valence-electron chi connectivity index (χ4n) is 2.43. The first-order chi connectivity index (χ1) is 9.22. The zero-order valence-electron chi connectivity index (χ0n) is 12.3. The minimum Gasteiger partial charge on any atom is -0.481 e. The summed E-state index contributed by atoms with van der Waals surface area (Å²) < 4.78 is 10.9. The molecule has 1 atom stereocenters. The van der Waals surface area contributed by atoms with Crippen LogP contribution in [0.5, 0.6) is 0 Å². The van der Waals surface area contributed by atoms with Crippen molar-refractivity contribution < 1.29 is 24.2 Å². The van der Waals surface area contributed by atoms with E-state index in [2.05, 4.69) is 0 Å². The molecule has 2 fully saturated rings. The molecule has 1 amide bonds. The largest absolute Gasteiger partial charge is 0.481 e. The first-order valence-corrected chi connectivity index (χ1v) is 7.05. The molecule has 1 aliphatic heterocycles. The minimum absolute atomic E-state index is 0.213. The zero-order valence-corrected chi connectivity index (χ0v) is 12.3. The summed E-state index contributed by atoms with van der Waals surface area (Å²) in [6.45, 7) is 6.81. The minimum atomic E-state index is -0.754. The quantitative estimate of drug-likeness (QED) is 0.856. The molecule has 1 N–H and O–H groups in total. The van der Waals surface area contributed by atoms with Gasteiger partial charge in [-0.25, -0.2) is 4.79 Å². The molecular weight excluding hydrogens is 262 g/mol. The first kappa shape index (κ1) is 15.1. The van der Waals surface area contributed by atoms with Crippen molar-refractivity contribution >= 4 is 12.1 Å². The van der Waals surface area contributed by atoms with E-state index in [1.807, 2.05) is 20.8 Å². The predicted octanol–water partition coefficient (Wildman–Crippen LogP) is 1.88. The standard InChI is InChI=1S/C14H23NO5/c1-13(2,3)20-12(18)15-6-7-19-10(9-15)8-14(4-5-14)11(16)17/h10H,4-9H2,1-3H3,(H,16,17). The van der Waals surface area contributed by atoms with Crippen molar-refractivity contribution in [2.45, 2.75) is 51.7 Å². The van der Waals surface area contributed by atoms with E-state index >= 15 is 0 Å². The summed E-state index contributed by atoms with van der Waals surface area (Å²) in [7, 11) is 0. The van der Waals surface area contributed by atoms with Crippen LogP contribution in [0.2, 0.25) is 0 Å². The van der Waals surface area contributed by atoms with Gasteiger partial charge in [0.25, 0.3) is 0 Å². The fourth-order valence-corrected chi connectivity index (χ4v) is 2.43. The van der Waals surface area contributed by atoms with Gasteiger partial charge in [-0.3, -0.25) is 4.79 Å². The van der Waals surface area contributed by atoms with Crippen molar-refractivity contribution in [3.63, 3.8) is 0 Å². The Bertz CT molecular complexity index is 397. The summed E-state index contributed by atoms with van der Waals surface area (Å²) in [6.07, 6.45) is 1.31. The molecule has 6 heteroatoms. The Morgan fingerprint density at radius 3 is 2.55 bits per heavy atom. The lowest BCUT2D eigenvalue weighted by atomic mass is 9.98. The fraction of sp³-hybridized carbons (Fsp3) is 0.857. The SMILES string of the molecule is CC(C)(C)OC(=O)N1CCOC(CC2(C(=O)O)CC2)C1. The molecule has 1 aliphatic carbocycles. The normalized spacial score (nSPS) is 25.1. The topological polar surface area (TPSA) is 76.1 Å². The maximum atomic E-state index is 12.0. The molecule has 2 rings (SSSR count). The lowest BCUT2D eigenvalue weighted by Crippen LogP contribution is -2.48. The van der Waals surface area contributed by atoms with Gasteiger partial charge in [-0.1, -0.05) is 0 Å². The van der Waals surface area contributed by atoms with E-state index in [0.717, 1.165) is 0 Å². The van der Waals surface area contributed by atoms with Crippen LogP contribution in [0.25, 0.3) is 0 Å². The number of ether oxygens (including phenoxy) is 2. The number of hydrogen-bond donors (Lipinski definition) is 1. The van der Waals surface area contributed by atoms with Crippen LogP contribution in [0.15, 0.2) is 0 Å². The highest BCUT2D eigenvalue weighted by Gasteiger charge is 2.52. The average molecular weight is 285 g/mol. The van der Waals surface area contributed by atoms with Crippen molar-refractivity contribution in [1.29, 1.82) is 0 Å². The summed E-state index contributed by atoms with van der Waals surface area (Å²) in [5.41, 5.74) is -1.15. The van der Waals surface area contributed by atoms with Crippen molar-refractivity contribution in [1.82, 2.24) is 4.90 Å². The molecule has 1 unspecified atom stereocenters. The van der Waals surface area contributed by atoms with Crippen LogP contribution in [0.4, 0.5) is 4.79 Å². The molecule has 0 spiro atoms. The number of carbonyl (C=O) groups is 2. The van der Waals surface area contributed by atoms with Crippen LogP contribution in [-0.2, 0) is 14.3 Å². The van der Waals surface area contributed by atoms with Gasteiger partial charge in [0.05, 0.1) is 24.7 Å². The van der Waals surface area contributed by atoms with Crippen LogP contribution >= 0.6 is 0 Å². The van der Waals surface area contributed by atoms with E-state index in [4.69, 9.17) is 9.47 Å². The van der Waals surface area contributed by atoms with Gasteiger partial charge in [-0.2, -0.15) is 0 Å². The van der Waals surface area contributed by atoms with Crippen LogP contribution in [0.3, 0.4) is 0 Å². The summed E-state index contributed by atoms with van der Waals surface area (Å²) >= 11 is 0. The molecule has 6 nitrogen and oxygen atoms in total. The third kappa shape index (κ3) is 3.62. The van der Waals surface area contributed by atoms with Gasteiger partial charge >= 0.3 is 12.1 Å². The highest BCUT2D eigenvalue weighted by Crippen LogP contribution is 2.50. The van der Waals surface area contributed by atoms with Gasteiger partial charge in [0.15, 0.2) is 0 Å². The second-order valence-electron chi connectivity index (χ2n) is 6.71.